The fourth-order valence-corrected chi connectivity index (χ4v) is 2.53. The molecule has 15 heavy (non-hydrogen) atoms. The number of carbonyl (C=O) groups is 1. The first-order chi connectivity index (χ1) is 7.26. The van der Waals surface area contributed by atoms with Crippen LogP contribution in [-0.2, 0) is 4.79 Å². The zero-order valence-corrected chi connectivity index (χ0v) is 10.4. The van der Waals surface area contributed by atoms with Crippen molar-refractivity contribution in [1.82, 2.24) is 15.5 Å². The third kappa shape index (κ3) is 4.59. The summed E-state index contributed by atoms with van der Waals surface area (Å²) >= 11 is 3.03. The second kappa shape index (κ2) is 6.76. The molecule has 84 valence electrons. The molecule has 0 unspecified atom stereocenters. The monoisotopic (exact) mass is 246 g/mol. The van der Waals surface area contributed by atoms with Gasteiger partial charge in [0.1, 0.15) is 0 Å². The number of nitrogens with one attached hydrogen (secondary N) is 2. The number of carbonyl (C=O) groups excluding carboxylic acids is 1. The molecule has 2 N–H and O–H groups in total. The minimum Gasteiger partial charge on any atom is -0.319 e. The summed E-state index contributed by atoms with van der Waals surface area (Å²) in [6, 6.07) is 0. The first-order valence-corrected chi connectivity index (χ1v) is 6.47. The quantitative estimate of drug-likeness (QED) is 0.583. The summed E-state index contributed by atoms with van der Waals surface area (Å²) < 4.78 is 0.890. The maximum atomic E-state index is 11.3. The minimum atomic E-state index is -0.0338. The van der Waals surface area contributed by atoms with Crippen molar-refractivity contribution in [1.29, 1.82) is 0 Å². The van der Waals surface area contributed by atoms with Crippen molar-refractivity contribution in [2.75, 3.05) is 24.7 Å². The van der Waals surface area contributed by atoms with E-state index in [9.17, 15) is 4.79 Å². The summed E-state index contributed by atoms with van der Waals surface area (Å²) in [6.45, 7) is 2.72. The van der Waals surface area contributed by atoms with Crippen LogP contribution in [-0.4, -0.2) is 35.4 Å². The standard InChI is InChI=1S/C8H14N4OS2/c1-3-14-8-12-11-7(15-8)10-6(13)4-5-9-2/h9H,3-5H2,1-2H3,(H,10,11,13). The number of rotatable bonds is 6. The highest BCUT2D eigenvalue weighted by molar-refractivity contribution is 8.01. The zero-order valence-electron chi connectivity index (χ0n) is 8.74. The second-order valence-corrected chi connectivity index (χ2v) is 5.20. The van der Waals surface area contributed by atoms with Crippen molar-refractivity contribution in [3.8, 4) is 0 Å². The van der Waals surface area contributed by atoms with Crippen LogP contribution in [0.5, 0.6) is 0 Å². The van der Waals surface area contributed by atoms with Gasteiger partial charge in [-0.1, -0.05) is 30.0 Å². The largest absolute Gasteiger partial charge is 0.319 e. The van der Waals surface area contributed by atoms with Crippen LogP contribution in [0.25, 0.3) is 0 Å². The predicted octanol–water partition coefficient (Wildman–Crippen LogP) is 1.20. The smallest absolute Gasteiger partial charge is 0.227 e. The fourth-order valence-electron chi connectivity index (χ4n) is 0.862. The molecule has 1 aromatic rings. The van der Waals surface area contributed by atoms with Crippen LogP contribution in [0.1, 0.15) is 13.3 Å². The Hall–Kier alpha value is -0.660. The average Bonchev–Trinajstić information content (AvgIpc) is 2.63. The van der Waals surface area contributed by atoms with Crippen LogP contribution in [0.2, 0.25) is 0 Å². The van der Waals surface area contributed by atoms with Crippen LogP contribution in [0.4, 0.5) is 5.13 Å². The lowest BCUT2D eigenvalue weighted by Crippen LogP contribution is -2.18. The van der Waals surface area contributed by atoms with Crippen LogP contribution < -0.4 is 10.6 Å². The molecule has 5 nitrogen and oxygen atoms in total. The third-order valence-corrected chi connectivity index (χ3v) is 3.38. The molecule has 0 aromatic carbocycles. The molecule has 0 spiro atoms. The van der Waals surface area contributed by atoms with E-state index < -0.39 is 0 Å². The van der Waals surface area contributed by atoms with Crippen molar-refractivity contribution in [3.05, 3.63) is 0 Å². The number of hydrogen-bond acceptors (Lipinski definition) is 6. The van der Waals surface area contributed by atoms with Gasteiger partial charge in [0.2, 0.25) is 11.0 Å². The molecule has 1 aromatic heterocycles. The summed E-state index contributed by atoms with van der Waals surface area (Å²) in [4.78, 5) is 11.3. The highest BCUT2D eigenvalue weighted by Crippen LogP contribution is 2.24. The normalized spacial score (nSPS) is 10.3. The van der Waals surface area contributed by atoms with Crippen molar-refractivity contribution in [2.24, 2.45) is 0 Å². The Morgan fingerprint density at radius 2 is 2.33 bits per heavy atom. The topological polar surface area (TPSA) is 66.9 Å². The van der Waals surface area contributed by atoms with Crippen LogP contribution in [0, 0.1) is 0 Å². The molecular formula is C8H14N4OS2. The van der Waals surface area contributed by atoms with Gasteiger partial charge in [-0.15, -0.1) is 10.2 Å². The number of amides is 1. The third-order valence-electron chi connectivity index (χ3n) is 1.52. The lowest BCUT2D eigenvalue weighted by molar-refractivity contribution is -0.116. The molecule has 1 amide bonds. The highest BCUT2D eigenvalue weighted by atomic mass is 32.2. The fraction of sp³-hybridized carbons (Fsp3) is 0.625. The van der Waals surface area contributed by atoms with E-state index in [1.54, 1.807) is 11.8 Å². The number of thioether (sulfide) groups is 1. The van der Waals surface area contributed by atoms with Gasteiger partial charge in [0.15, 0.2) is 4.34 Å². The molecule has 0 aliphatic carbocycles. The van der Waals surface area contributed by atoms with Crippen molar-refractivity contribution < 1.29 is 4.79 Å². The molecule has 0 aliphatic heterocycles. The van der Waals surface area contributed by atoms with E-state index in [1.807, 2.05) is 7.05 Å². The molecule has 0 fully saturated rings. The predicted molar refractivity (Wildman–Crippen MR) is 63.5 cm³/mol. The number of hydrogen-bond donors (Lipinski definition) is 2. The average molecular weight is 246 g/mol. The van der Waals surface area contributed by atoms with E-state index in [2.05, 4.69) is 27.8 Å². The first kappa shape index (κ1) is 12.4. The Balaban J connectivity index is 2.39. The van der Waals surface area contributed by atoms with Gasteiger partial charge in [0, 0.05) is 13.0 Å². The number of nitrogens with zero attached hydrogens (tertiary/aromatic N) is 2. The van der Waals surface area contributed by atoms with Crippen molar-refractivity contribution >= 4 is 34.1 Å². The number of aromatic nitrogens is 2. The maximum absolute atomic E-state index is 11.3. The molecule has 1 heterocycles. The van der Waals surface area contributed by atoms with Gasteiger partial charge in [0.25, 0.3) is 0 Å². The molecule has 0 radical (unpaired) electrons. The van der Waals surface area contributed by atoms with Crippen LogP contribution in [0.15, 0.2) is 4.34 Å². The van der Waals surface area contributed by atoms with Crippen LogP contribution in [0.3, 0.4) is 0 Å². The highest BCUT2D eigenvalue weighted by Gasteiger charge is 2.07. The Kier molecular flexibility index (Phi) is 5.59. The minimum absolute atomic E-state index is 0.0338. The van der Waals surface area contributed by atoms with Crippen LogP contribution >= 0.6 is 23.1 Å². The Labute approximate surface area is 97.1 Å². The Morgan fingerprint density at radius 1 is 1.53 bits per heavy atom. The van der Waals surface area contributed by atoms with Gasteiger partial charge >= 0.3 is 0 Å². The Bertz CT molecular complexity index is 315. The molecule has 0 bridgehead atoms. The van der Waals surface area contributed by atoms with E-state index in [0.29, 0.717) is 18.1 Å². The lowest BCUT2D eigenvalue weighted by atomic mass is 10.4. The SMILES string of the molecule is CCSc1nnc(NC(=O)CCNC)s1. The molecule has 0 saturated carbocycles. The lowest BCUT2D eigenvalue weighted by Gasteiger charge is -1.99. The van der Waals surface area contributed by atoms with E-state index in [-0.39, 0.29) is 5.91 Å². The van der Waals surface area contributed by atoms with E-state index in [4.69, 9.17) is 0 Å². The summed E-state index contributed by atoms with van der Waals surface area (Å²) in [5.41, 5.74) is 0. The van der Waals surface area contributed by atoms with Gasteiger partial charge in [-0.05, 0) is 12.8 Å². The molecule has 0 aliphatic rings. The van der Waals surface area contributed by atoms with Crippen molar-refractivity contribution in [2.45, 2.75) is 17.7 Å². The molecule has 0 atom stereocenters. The first-order valence-electron chi connectivity index (χ1n) is 4.67. The molecule has 0 saturated heterocycles. The molecule has 1 rings (SSSR count). The van der Waals surface area contributed by atoms with Gasteiger partial charge in [-0.2, -0.15) is 0 Å². The molecular weight excluding hydrogens is 232 g/mol. The summed E-state index contributed by atoms with van der Waals surface area (Å²) in [6.07, 6.45) is 0.451. The zero-order chi connectivity index (χ0) is 11.1. The second-order valence-electron chi connectivity index (χ2n) is 2.71. The van der Waals surface area contributed by atoms with Crippen molar-refractivity contribution in [3.63, 3.8) is 0 Å². The Morgan fingerprint density at radius 3 is 3.00 bits per heavy atom. The van der Waals surface area contributed by atoms with Gasteiger partial charge in [-0.25, -0.2) is 0 Å². The van der Waals surface area contributed by atoms with Gasteiger partial charge in [0.05, 0.1) is 0 Å². The summed E-state index contributed by atoms with van der Waals surface area (Å²) in [5.74, 6) is 0.927. The van der Waals surface area contributed by atoms with E-state index in [0.717, 1.165) is 10.1 Å². The summed E-state index contributed by atoms with van der Waals surface area (Å²) in [5, 5.41) is 14.0. The maximum Gasteiger partial charge on any atom is 0.227 e. The summed E-state index contributed by atoms with van der Waals surface area (Å²) in [7, 11) is 1.81. The number of anilines is 1. The molecule has 7 heteroatoms. The van der Waals surface area contributed by atoms with Gasteiger partial charge < -0.3 is 10.6 Å². The van der Waals surface area contributed by atoms with E-state index in [1.165, 1.54) is 11.3 Å². The van der Waals surface area contributed by atoms with Gasteiger partial charge in [-0.3, -0.25) is 4.79 Å². The van der Waals surface area contributed by atoms with E-state index >= 15 is 0 Å².